The Bertz CT molecular complexity index is 862. The van der Waals surface area contributed by atoms with Crippen LogP contribution in [0.4, 0.5) is 0 Å². The quantitative estimate of drug-likeness (QED) is 0.726. The van der Waals surface area contributed by atoms with Gasteiger partial charge in [-0.3, -0.25) is 9.89 Å². The van der Waals surface area contributed by atoms with Gasteiger partial charge >= 0.3 is 5.97 Å². The summed E-state index contributed by atoms with van der Waals surface area (Å²) in [6, 6.07) is 6.22. The summed E-state index contributed by atoms with van der Waals surface area (Å²) in [7, 11) is -2.04. The van der Waals surface area contributed by atoms with E-state index in [0.717, 1.165) is 4.68 Å². The molecule has 3 N–H and O–H groups in total. The molecule has 0 aliphatic carbocycles. The van der Waals surface area contributed by atoms with Crippen molar-refractivity contribution in [2.45, 2.75) is 12.7 Å². The second-order valence-electron chi connectivity index (χ2n) is 4.69. The highest BCUT2D eigenvalue weighted by Gasteiger charge is 2.16. The number of hydrogen-bond donors (Lipinski definition) is 3. The highest BCUT2D eigenvalue weighted by Crippen LogP contribution is 2.11. The zero-order valence-corrected chi connectivity index (χ0v) is 12.8. The van der Waals surface area contributed by atoms with Crippen LogP contribution in [0.15, 0.2) is 29.1 Å². The molecular formula is C13H15N3O5S. The van der Waals surface area contributed by atoms with E-state index < -0.39 is 21.6 Å². The van der Waals surface area contributed by atoms with E-state index in [4.69, 9.17) is 5.11 Å². The Labute approximate surface area is 126 Å². The van der Waals surface area contributed by atoms with Gasteiger partial charge in [0.25, 0.3) is 5.56 Å². The standard InChI is InChI=1S/C13H15N3O5S/c1-8-11(13(18)19)15-16(12(8)17)10-5-3-9(4-6-10)7-22(20,21)14-2/h3-6,14-15H,7H2,1-2H3,(H,18,19). The van der Waals surface area contributed by atoms with Gasteiger partial charge in [0.05, 0.1) is 11.4 Å². The summed E-state index contributed by atoms with van der Waals surface area (Å²) in [4.78, 5) is 23.0. The maximum absolute atomic E-state index is 12.0. The molecule has 9 heteroatoms. The number of carboxylic acid groups (broad SMARTS) is 1. The van der Waals surface area contributed by atoms with Crippen LogP contribution >= 0.6 is 0 Å². The number of carboxylic acids is 1. The monoisotopic (exact) mass is 325 g/mol. The van der Waals surface area contributed by atoms with E-state index in [9.17, 15) is 18.0 Å². The lowest BCUT2D eigenvalue weighted by Crippen LogP contribution is -2.20. The molecule has 0 amide bonds. The fourth-order valence-corrected chi connectivity index (χ4v) is 2.72. The number of hydrogen-bond acceptors (Lipinski definition) is 4. The second-order valence-corrected chi connectivity index (χ2v) is 6.61. The molecule has 1 heterocycles. The lowest BCUT2D eigenvalue weighted by Gasteiger charge is -2.05. The number of aromatic amines is 1. The molecule has 0 fully saturated rings. The van der Waals surface area contributed by atoms with Gasteiger partial charge in [-0.1, -0.05) is 12.1 Å². The highest BCUT2D eigenvalue weighted by molar-refractivity contribution is 7.88. The lowest BCUT2D eigenvalue weighted by molar-refractivity contribution is 0.0689. The smallest absolute Gasteiger partial charge is 0.354 e. The molecule has 0 spiro atoms. The van der Waals surface area contributed by atoms with E-state index >= 15 is 0 Å². The molecule has 118 valence electrons. The molecule has 0 aliphatic rings. The van der Waals surface area contributed by atoms with Crippen LogP contribution in [0.2, 0.25) is 0 Å². The zero-order valence-electron chi connectivity index (χ0n) is 12.0. The zero-order chi connectivity index (χ0) is 16.5. The van der Waals surface area contributed by atoms with Gasteiger partial charge in [-0.05, 0) is 31.7 Å². The molecule has 22 heavy (non-hydrogen) atoms. The van der Waals surface area contributed by atoms with Crippen molar-refractivity contribution in [1.29, 1.82) is 0 Å². The Balaban J connectivity index is 2.38. The van der Waals surface area contributed by atoms with E-state index in [0.29, 0.717) is 11.3 Å². The number of H-pyrrole nitrogens is 1. The van der Waals surface area contributed by atoms with Crippen molar-refractivity contribution in [3.05, 3.63) is 51.4 Å². The summed E-state index contributed by atoms with van der Waals surface area (Å²) in [6.07, 6.45) is 0. The van der Waals surface area contributed by atoms with Crippen molar-refractivity contribution in [2.75, 3.05) is 7.05 Å². The molecule has 0 aliphatic heterocycles. The Morgan fingerprint density at radius 1 is 1.32 bits per heavy atom. The van der Waals surface area contributed by atoms with Gasteiger partial charge in [0.1, 0.15) is 5.69 Å². The van der Waals surface area contributed by atoms with Gasteiger partial charge in [-0.15, -0.1) is 0 Å². The first kappa shape index (κ1) is 16.0. The molecule has 0 saturated carbocycles. The highest BCUT2D eigenvalue weighted by atomic mass is 32.2. The Hall–Kier alpha value is -2.39. The lowest BCUT2D eigenvalue weighted by atomic mass is 10.2. The van der Waals surface area contributed by atoms with Crippen LogP contribution in [0.1, 0.15) is 21.6 Å². The second kappa shape index (κ2) is 5.78. The molecule has 1 aromatic carbocycles. The van der Waals surface area contributed by atoms with Gasteiger partial charge in [0.2, 0.25) is 10.0 Å². The number of benzene rings is 1. The maximum atomic E-state index is 12.0. The SMILES string of the molecule is CNS(=O)(=O)Cc1ccc(-n2[nH]c(C(=O)O)c(C)c2=O)cc1. The Morgan fingerprint density at radius 2 is 1.91 bits per heavy atom. The summed E-state index contributed by atoms with van der Waals surface area (Å²) in [6.45, 7) is 1.42. The fourth-order valence-electron chi connectivity index (χ4n) is 1.94. The minimum atomic E-state index is -3.38. The predicted octanol–water partition coefficient (Wildman–Crippen LogP) is 0.221. The summed E-state index contributed by atoms with van der Waals surface area (Å²) >= 11 is 0. The van der Waals surface area contributed by atoms with Crippen molar-refractivity contribution < 1.29 is 18.3 Å². The number of aromatic carboxylic acids is 1. The van der Waals surface area contributed by atoms with Crippen molar-refractivity contribution in [1.82, 2.24) is 14.5 Å². The van der Waals surface area contributed by atoms with Crippen LogP contribution in [0.5, 0.6) is 0 Å². The van der Waals surface area contributed by atoms with Gasteiger partial charge in [-0.25, -0.2) is 22.6 Å². The Kier molecular flexibility index (Phi) is 4.20. The van der Waals surface area contributed by atoms with E-state index in [1.54, 1.807) is 24.3 Å². The normalized spacial score (nSPS) is 11.5. The van der Waals surface area contributed by atoms with Crippen molar-refractivity contribution >= 4 is 16.0 Å². The molecule has 0 unspecified atom stereocenters. The molecular weight excluding hydrogens is 310 g/mol. The average molecular weight is 325 g/mol. The maximum Gasteiger partial charge on any atom is 0.354 e. The minimum Gasteiger partial charge on any atom is -0.477 e. The van der Waals surface area contributed by atoms with E-state index in [1.807, 2.05) is 0 Å². The number of rotatable bonds is 5. The van der Waals surface area contributed by atoms with Gasteiger partial charge in [-0.2, -0.15) is 0 Å². The van der Waals surface area contributed by atoms with Gasteiger partial charge in [0, 0.05) is 5.56 Å². The Morgan fingerprint density at radius 3 is 2.36 bits per heavy atom. The van der Waals surface area contributed by atoms with Crippen LogP contribution in [-0.2, 0) is 15.8 Å². The first-order chi connectivity index (χ1) is 10.2. The average Bonchev–Trinajstić information content (AvgIpc) is 2.76. The number of nitrogens with one attached hydrogen (secondary N) is 2. The van der Waals surface area contributed by atoms with Crippen LogP contribution in [0, 0.1) is 6.92 Å². The number of aromatic nitrogens is 2. The first-order valence-electron chi connectivity index (χ1n) is 6.30. The van der Waals surface area contributed by atoms with Gasteiger partial charge < -0.3 is 5.11 Å². The molecule has 2 aromatic rings. The van der Waals surface area contributed by atoms with Crippen LogP contribution in [0.25, 0.3) is 5.69 Å². The first-order valence-corrected chi connectivity index (χ1v) is 7.96. The van der Waals surface area contributed by atoms with Crippen molar-refractivity contribution in [3.63, 3.8) is 0 Å². The van der Waals surface area contributed by atoms with Crippen LogP contribution in [0.3, 0.4) is 0 Å². The summed E-state index contributed by atoms with van der Waals surface area (Å²) < 4.78 is 26.2. The van der Waals surface area contributed by atoms with Gasteiger partial charge in [0.15, 0.2) is 0 Å². The van der Waals surface area contributed by atoms with Crippen molar-refractivity contribution in [3.8, 4) is 5.69 Å². The third-order valence-corrected chi connectivity index (χ3v) is 4.53. The topological polar surface area (TPSA) is 121 Å². The predicted molar refractivity (Wildman–Crippen MR) is 79.8 cm³/mol. The minimum absolute atomic E-state index is 0.106. The molecule has 2 rings (SSSR count). The molecule has 1 aromatic heterocycles. The summed E-state index contributed by atoms with van der Waals surface area (Å²) in [5.74, 6) is -1.40. The summed E-state index contributed by atoms with van der Waals surface area (Å²) in [5.41, 5.74) is 0.438. The van der Waals surface area contributed by atoms with E-state index in [1.165, 1.54) is 14.0 Å². The molecule has 0 atom stereocenters. The molecule has 0 radical (unpaired) electrons. The third kappa shape index (κ3) is 3.10. The van der Waals surface area contributed by atoms with Crippen LogP contribution in [-0.4, -0.2) is 36.3 Å². The molecule has 0 bridgehead atoms. The summed E-state index contributed by atoms with van der Waals surface area (Å²) in [5, 5.41) is 11.5. The van der Waals surface area contributed by atoms with Crippen LogP contribution < -0.4 is 10.3 Å². The third-order valence-electron chi connectivity index (χ3n) is 3.20. The molecule has 8 nitrogen and oxygen atoms in total. The van der Waals surface area contributed by atoms with E-state index in [-0.39, 0.29) is 17.0 Å². The number of nitrogens with zero attached hydrogens (tertiary/aromatic N) is 1. The number of carbonyl (C=O) groups is 1. The van der Waals surface area contributed by atoms with E-state index in [2.05, 4.69) is 9.82 Å². The molecule has 0 saturated heterocycles. The fraction of sp³-hybridized carbons (Fsp3) is 0.231. The number of sulfonamides is 1. The van der Waals surface area contributed by atoms with Crippen molar-refractivity contribution in [2.24, 2.45) is 0 Å². The largest absolute Gasteiger partial charge is 0.477 e.